The minimum atomic E-state index is -0.264. The Morgan fingerprint density at radius 2 is 2.00 bits per heavy atom. The predicted molar refractivity (Wildman–Crippen MR) is 76.6 cm³/mol. The van der Waals surface area contributed by atoms with Crippen LogP contribution in [-0.2, 0) is 4.79 Å². The van der Waals surface area contributed by atoms with Gasteiger partial charge < -0.3 is 15.5 Å². The van der Waals surface area contributed by atoms with Gasteiger partial charge in [-0.15, -0.1) is 0 Å². The molecule has 1 heterocycles. The topological polar surface area (TPSA) is 49.6 Å². The van der Waals surface area contributed by atoms with Crippen molar-refractivity contribution in [2.75, 3.05) is 25.0 Å². The Hall–Kier alpha value is -1.07. The van der Waals surface area contributed by atoms with Crippen LogP contribution in [0.25, 0.3) is 0 Å². The number of carbonyl (C=O) groups is 1. The molecule has 0 aliphatic carbocycles. The first-order valence-corrected chi connectivity index (χ1v) is 6.83. The third-order valence-electron chi connectivity index (χ3n) is 3.36. The standard InChI is InChI=1S/C13H18BrN3O/c1-9-8-16(2)13(18)12(7-15)17(9)11-5-3-10(14)4-6-11/h3-6,9,12H,7-8,15H2,1-2H3. The number of piperazine rings is 1. The number of carbonyl (C=O) groups excluding carboxylic acids is 1. The highest BCUT2D eigenvalue weighted by molar-refractivity contribution is 9.10. The third kappa shape index (κ3) is 2.37. The van der Waals surface area contributed by atoms with E-state index in [0.717, 1.165) is 16.7 Å². The SMILES string of the molecule is CC1CN(C)C(=O)C(CN)N1c1ccc(Br)cc1. The molecule has 1 saturated heterocycles. The monoisotopic (exact) mass is 311 g/mol. The van der Waals surface area contributed by atoms with Crippen molar-refractivity contribution in [3.8, 4) is 0 Å². The van der Waals surface area contributed by atoms with Crippen molar-refractivity contribution in [1.29, 1.82) is 0 Å². The Kier molecular flexibility index (Phi) is 3.92. The zero-order chi connectivity index (χ0) is 13.3. The van der Waals surface area contributed by atoms with Crippen molar-refractivity contribution >= 4 is 27.5 Å². The molecule has 1 fully saturated rings. The highest BCUT2D eigenvalue weighted by Crippen LogP contribution is 2.26. The lowest BCUT2D eigenvalue weighted by atomic mass is 10.0. The lowest BCUT2D eigenvalue weighted by molar-refractivity contribution is -0.133. The molecule has 2 atom stereocenters. The first kappa shape index (κ1) is 13.4. The van der Waals surface area contributed by atoms with Gasteiger partial charge in [0.1, 0.15) is 6.04 Å². The number of nitrogens with two attached hydrogens (primary N) is 1. The van der Waals surface area contributed by atoms with Crippen molar-refractivity contribution in [3.05, 3.63) is 28.7 Å². The van der Waals surface area contributed by atoms with E-state index >= 15 is 0 Å². The molecular formula is C13H18BrN3O. The van der Waals surface area contributed by atoms with Gasteiger partial charge in [0, 0.05) is 36.3 Å². The maximum atomic E-state index is 12.1. The van der Waals surface area contributed by atoms with E-state index in [9.17, 15) is 4.79 Å². The average molecular weight is 312 g/mol. The molecule has 0 spiro atoms. The van der Waals surface area contributed by atoms with Gasteiger partial charge in [-0.05, 0) is 31.2 Å². The molecule has 2 unspecified atom stereocenters. The van der Waals surface area contributed by atoms with E-state index in [4.69, 9.17) is 5.73 Å². The Labute approximate surface area is 116 Å². The van der Waals surface area contributed by atoms with Gasteiger partial charge in [0.2, 0.25) is 5.91 Å². The molecule has 0 aromatic heterocycles. The quantitative estimate of drug-likeness (QED) is 0.899. The maximum absolute atomic E-state index is 12.1. The molecular weight excluding hydrogens is 294 g/mol. The molecule has 1 aliphatic rings. The summed E-state index contributed by atoms with van der Waals surface area (Å²) in [5, 5.41) is 0. The van der Waals surface area contributed by atoms with Crippen LogP contribution in [0.15, 0.2) is 28.7 Å². The zero-order valence-corrected chi connectivity index (χ0v) is 12.2. The molecule has 5 heteroatoms. The van der Waals surface area contributed by atoms with Crippen LogP contribution < -0.4 is 10.6 Å². The summed E-state index contributed by atoms with van der Waals surface area (Å²) in [4.78, 5) is 16.0. The van der Waals surface area contributed by atoms with Crippen LogP contribution in [0.4, 0.5) is 5.69 Å². The lowest BCUT2D eigenvalue weighted by Crippen LogP contribution is -2.62. The van der Waals surface area contributed by atoms with Gasteiger partial charge in [-0.25, -0.2) is 0 Å². The van der Waals surface area contributed by atoms with Gasteiger partial charge >= 0.3 is 0 Å². The lowest BCUT2D eigenvalue weighted by Gasteiger charge is -2.44. The summed E-state index contributed by atoms with van der Waals surface area (Å²) in [6, 6.07) is 8.00. The van der Waals surface area contributed by atoms with Crippen LogP contribution in [0.1, 0.15) is 6.92 Å². The second kappa shape index (κ2) is 5.28. The summed E-state index contributed by atoms with van der Waals surface area (Å²) >= 11 is 3.42. The highest BCUT2D eigenvalue weighted by Gasteiger charge is 2.36. The van der Waals surface area contributed by atoms with Crippen LogP contribution in [0.3, 0.4) is 0 Å². The number of amides is 1. The second-order valence-electron chi connectivity index (χ2n) is 4.70. The number of anilines is 1. The van der Waals surface area contributed by atoms with Crippen LogP contribution in [0.2, 0.25) is 0 Å². The first-order chi connectivity index (χ1) is 8.54. The fourth-order valence-corrected chi connectivity index (χ4v) is 2.78. The Bertz CT molecular complexity index is 434. The Morgan fingerprint density at radius 3 is 2.56 bits per heavy atom. The van der Waals surface area contributed by atoms with Crippen molar-refractivity contribution in [3.63, 3.8) is 0 Å². The maximum Gasteiger partial charge on any atom is 0.246 e. The fourth-order valence-electron chi connectivity index (χ4n) is 2.52. The zero-order valence-electron chi connectivity index (χ0n) is 10.6. The number of benzene rings is 1. The predicted octanol–water partition coefficient (Wildman–Crippen LogP) is 1.44. The molecule has 2 rings (SSSR count). The molecule has 2 N–H and O–H groups in total. The normalized spacial score (nSPS) is 24.6. The number of likely N-dealkylation sites (N-methyl/N-ethyl adjacent to an activating group) is 1. The molecule has 1 amide bonds. The molecule has 1 aromatic carbocycles. The second-order valence-corrected chi connectivity index (χ2v) is 5.62. The Balaban J connectivity index is 2.34. The smallest absolute Gasteiger partial charge is 0.246 e. The van der Waals surface area contributed by atoms with E-state index in [1.807, 2.05) is 31.3 Å². The van der Waals surface area contributed by atoms with Crippen LogP contribution >= 0.6 is 15.9 Å². The van der Waals surface area contributed by atoms with E-state index in [1.54, 1.807) is 4.90 Å². The van der Waals surface area contributed by atoms with Crippen molar-refractivity contribution in [2.24, 2.45) is 5.73 Å². The minimum Gasteiger partial charge on any atom is -0.354 e. The molecule has 18 heavy (non-hydrogen) atoms. The summed E-state index contributed by atoms with van der Waals surface area (Å²) in [5.74, 6) is 0.0959. The Morgan fingerprint density at radius 1 is 1.39 bits per heavy atom. The van der Waals surface area contributed by atoms with E-state index in [-0.39, 0.29) is 18.0 Å². The number of hydrogen-bond acceptors (Lipinski definition) is 3. The first-order valence-electron chi connectivity index (χ1n) is 6.03. The van der Waals surface area contributed by atoms with E-state index < -0.39 is 0 Å². The number of rotatable bonds is 2. The minimum absolute atomic E-state index is 0.0959. The van der Waals surface area contributed by atoms with Gasteiger partial charge in [-0.2, -0.15) is 0 Å². The van der Waals surface area contributed by atoms with E-state index in [2.05, 4.69) is 27.8 Å². The number of nitrogens with zero attached hydrogens (tertiary/aromatic N) is 2. The molecule has 1 aromatic rings. The number of halogens is 1. The third-order valence-corrected chi connectivity index (χ3v) is 3.89. The van der Waals surface area contributed by atoms with Gasteiger partial charge in [0.15, 0.2) is 0 Å². The van der Waals surface area contributed by atoms with E-state index in [1.165, 1.54) is 0 Å². The summed E-state index contributed by atoms with van der Waals surface area (Å²) in [7, 11) is 1.83. The van der Waals surface area contributed by atoms with E-state index in [0.29, 0.717) is 6.54 Å². The molecule has 1 aliphatic heterocycles. The van der Waals surface area contributed by atoms with Crippen molar-refractivity contribution in [2.45, 2.75) is 19.0 Å². The molecule has 0 radical (unpaired) electrons. The van der Waals surface area contributed by atoms with Crippen LogP contribution in [0.5, 0.6) is 0 Å². The largest absolute Gasteiger partial charge is 0.354 e. The summed E-state index contributed by atoms with van der Waals surface area (Å²) < 4.78 is 1.03. The van der Waals surface area contributed by atoms with Gasteiger partial charge in [0.25, 0.3) is 0 Å². The molecule has 0 bridgehead atoms. The number of hydrogen-bond donors (Lipinski definition) is 1. The average Bonchev–Trinajstić information content (AvgIpc) is 2.35. The van der Waals surface area contributed by atoms with Crippen molar-refractivity contribution < 1.29 is 4.79 Å². The van der Waals surface area contributed by atoms with Crippen LogP contribution in [-0.4, -0.2) is 43.0 Å². The molecule has 4 nitrogen and oxygen atoms in total. The summed E-state index contributed by atoms with van der Waals surface area (Å²) in [6.45, 7) is 3.18. The molecule has 98 valence electrons. The van der Waals surface area contributed by atoms with Crippen LogP contribution in [0, 0.1) is 0 Å². The van der Waals surface area contributed by atoms with Gasteiger partial charge in [0.05, 0.1) is 0 Å². The van der Waals surface area contributed by atoms with Gasteiger partial charge in [-0.1, -0.05) is 15.9 Å². The molecule has 0 saturated carbocycles. The highest BCUT2D eigenvalue weighted by atomic mass is 79.9. The van der Waals surface area contributed by atoms with Crippen molar-refractivity contribution in [1.82, 2.24) is 4.90 Å². The fraction of sp³-hybridized carbons (Fsp3) is 0.462. The summed E-state index contributed by atoms with van der Waals surface area (Å²) in [5.41, 5.74) is 6.82. The van der Waals surface area contributed by atoms with Gasteiger partial charge in [-0.3, -0.25) is 4.79 Å². The summed E-state index contributed by atoms with van der Waals surface area (Å²) in [6.07, 6.45) is 0.